The first kappa shape index (κ1) is 10.7. The Balaban J connectivity index is 2.89. The van der Waals surface area contributed by atoms with E-state index in [4.69, 9.17) is 0 Å². The van der Waals surface area contributed by atoms with Crippen molar-refractivity contribution in [3.8, 4) is 0 Å². The Morgan fingerprint density at radius 1 is 1.21 bits per heavy atom. The SMILES string of the molecule is CNC(=O)C(NC)c1ccc(C)cc1. The van der Waals surface area contributed by atoms with Crippen molar-refractivity contribution >= 4 is 5.91 Å². The summed E-state index contributed by atoms with van der Waals surface area (Å²) in [4.78, 5) is 11.5. The molecule has 3 heteroatoms. The smallest absolute Gasteiger partial charge is 0.241 e. The van der Waals surface area contributed by atoms with Gasteiger partial charge in [0.1, 0.15) is 6.04 Å². The van der Waals surface area contributed by atoms with Gasteiger partial charge in [0.2, 0.25) is 5.91 Å². The molecule has 0 aliphatic rings. The van der Waals surface area contributed by atoms with E-state index in [0.717, 1.165) is 5.56 Å². The normalized spacial score (nSPS) is 12.2. The Morgan fingerprint density at radius 3 is 2.21 bits per heavy atom. The van der Waals surface area contributed by atoms with Gasteiger partial charge < -0.3 is 10.6 Å². The van der Waals surface area contributed by atoms with Crippen molar-refractivity contribution < 1.29 is 4.79 Å². The predicted molar refractivity (Wildman–Crippen MR) is 57.0 cm³/mol. The van der Waals surface area contributed by atoms with Crippen molar-refractivity contribution in [1.29, 1.82) is 0 Å². The van der Waals surface area contributed by atoms with E-state index in [9.17, 15) is 4.79 Å². The van der Waals surface area contributed by atoms with E-state index in [1.54, 1.807) is 14.1 Å². The third kappa shape index (κ3) is 2.33. The Labute approximate surface area is 84.5 Å². The van der Waals surface area contributed by atoms with Crippen molar-refractivity contribution in [2.75, 3.05) is 14.1 Å². The number of benzene rings is 1. The van der Waals surface area contributed by atoms with E-state index < -0.39 is 0 Å². The molecule has 0 aliphatic heterocycles. The van der Waals surface area contributed by atoms with E-state index in [1.165, 1.54) is 5.56 Å². The van der Waals surface area contributed by atoms with Gasteiger partial charge in [0.05, 0.1) is 0 Å². The number of likely N-dealkylation sites (N-methyl/N-ethyl adjacent to an activating group) is 2. The molecule has 1 amide bonds. The molecular weight excluding hydrogens is 176 g/mol. The molecule has 0 aliphatic carbocycles. The van der Waals surface area contributed by atoms with E-state index >= 15 is 0 Å². The monoisotopic (exact) mass is 192 g/mol. The number of aryl methyl sites for hydroxylation is 1. The minimum absolute atomic E-state index is 0.0173. The van der Waals surface area contributed by atoms with Crippen LogP contribution in [0.3, 0.4) is 0 Å². The first-order valence-corrected chi connectivity index (χ1v) is 4.64. The van der Waals surface area contributed by atoms with Crippen molar-refractivity contribution in [2.45, 2.75) is 13.0 Å². The van der Waals surface area contributed by atoms with Crippen molar-refractivity contribution in [3.05, 3.63) is 35.4 Å². The summed E-state index contributed by atoms with van der Waals surface area (Å²) in [5.74, 6) is -0.0173. The zero-order valence-corrected chi connectivity index (χ0v) is 8.79. The molecule has 1 aromatic rings. The molecule has 3 nitrogen and oxygen atoms in total. The summed E-state index contributed by atoms with van der Waals surface area (Å²) < 4.78 is 0. The molecule has 76 valence electrons. The molecule has 0 heterocycles. The molecule has 0 spiro atoms. The minimum atomic E-state index is -0.263. The topological polar surface area (TPSA) is 41.1 Å². The second-order valence-electron chi connectivity index (χ2n) is 3.25. The lowest BCUT2D eigenvalue weighted by Crippen LogP contribution is -2.33. The fraction of sp³-hybridized carbons (Fsp3) is 0.364. The second kappa shape index (κ2) is 4.77. The zero-order chi connectivity index (χ0) is 10.6. The van der Waals surface area contributed by atoms with Gasteiger partial charge in [0.25, 0.3) is 0 Å². The fourth-order valence-electron chi connectivity index (χ4n) is 1.35. The molecular formula is C11H16N2O. The highest BCUT2D eigenvalue weighted by Crippen LogP contribution is 2.13. The van der Waals surface area contributed by atoms with Crippen LogP contribution in [0.25, 0.3) is 0 Å². The van der Waals surface area contributed by atoms with Gasteiger partial charge in [0, 0.05) is 7.05 Å². The van der Waals surface area contributed by atoms with Crippen LogP contribution in [0.5, 0.6) is 0 Å². The summed E-state index contributed by atoms with van der Waals surface area (Å²) in [5, 5.41) is 5.60. The van der Waals surface area contributed by atoms with Crippen molar-refractivity contribution in [3.63, 3.8) is 0 Å². The van der Waals surface area contributed by atoms with E-state index in [1.807, 2.05) is 31.2 Å². The average molecular weight is 192 g/mol. The molecule has 0 saturated heterocycles. The summed E-state index contributed by atoms with van der Waals surface area (Å²) in [5.41, 5.74) is 2.18. The van der Waals surface area contributed by atoms with Gasteiger partial charge in [-0.3, -0.25) is 4.79 Å². The van der Waals surface area contributed by atoms with Crippen LogP contribution in [0, 0.1) is 6.92 Å². The van der Waals surface area contributed by atoms with Gasteiger partial charge >= 0.3 is 0 Å². The number of carbonyl (C=O) groups excluding carboxylic acids is 1. The van der Waals surface area contributed by atoms with Gasteiger partial charge in [-0.1, -0.05) is 29.8 Å². The molecule has 1 atom stereocenters. The average Bonchev–Trinajstić information content (AvgIpc) is 2.21. The van der Waals surface area contributed by atoms with Gasteiger partial charge in [-0.25, -0.2) is 0 Å². The van der Waals surface area contributed by atoms with Crippen LogP contribution in [0.2, 0.25) is 0 Å². The Morgan fingerprint density at radius 2 is 1.79 bits per heavy atom. The Kier molecular flexibility index (Phi) is 3.65. The largest absolute Gasteiger partial charge is 0.358 e. The second-order valence-corrected chi connectivity index (χ2v) is 3.25. The maximum absolute atomic E-state index is 11.5. The number of nitrogens with one attached hydrogen (secondary N) is 2. The van der Waals surface area contributed by atoms with Crippen LogP contribution in [-0.4, -0.2) is 20.0 Å². The molecule has 0 fully saturated rings. The predicted octanol–water partition coefficient (Wildman–Crippen LogP) is 1.00. The molecule has 0 saturated carbocycles. The number of hydrogen-bond donors (Lipinski definition) is 2. The van der Waals surface area contributed by atoms with Gasteiger partial charge in [-0.15, -0.1) is 0 Å². The van der Waals surface area contributed by atoms with Crippen LogP contribution in [0.15, 0.2) is 24.3 Å². The molecule has 0 radical (unpaired) electrons. The highest BCUT2D eigenvalue weighted by molar-refractivity contribution is 5.82. The third-order valence-electron chi connectivity index (χ3n) is 2.21. The molecule has 0 aromatic heterocycles. The maximum atomic E-state index is 11.5. The number of amides is 1. The van der Waals surface area contributed by atoms with Crippen LogP contribution in [0.4, 0.5) is 0 Å². The number of hydrogen-bond acceptors (Lipinski definition) is 2. The zero-order valence-electron chi connectivity index (χ0n) is 8.79. The molecule has 1 rings (SSSR count). The molecule has 0 bridgehead atoms. The molecule has 2 N–H and O–H groups in total. The fourth-order valence-corrected chi connectivity index (χ4v) is 1.35. The van der Waals surface area contributed by atoms with Gasteiger partial charge in [-0.05, 0) is 19.5 Å². The summed E-state index contributed by atoms with van der Waals surface area (Å²) in [7, 11) is 3.42. The standard InChI is InChI=1S/C11H16N2O/c1-8-4-6-9(7-5-8)10(12-2)11(14)13-3/h4-7,10,12H,1-3H3,(H,13,14). The lowest BCUT2D eigenvalue weighted by Gasteiger charge is -2.14. The molecule has 1 unspecified atom stereocenters. The summed E-state index contributed by atoms with van der Waals surface area (Å²) in [6, 6.07) is 7.67. The number of rotatable bonds is 3. The van der Waals surface area contributed by atoms with Crippen molar-refractivity contribution in [1.82, 2.24) is 10.6 Å². The van der Waals surface area contributed by atoms with Crippen LogP contribution >= 0.6 is 0 Å². The van der Waals surface area contributed by atoms with Gasteiger partial charge in [-0.2, -0.15) is 0 Å². The highest BCUT2D eigenvalue weighted by Gasteiger charge is 2.16. The first-order chi connectivity index (χ1) is 6.69. The van der Waals surface area contributed by atoms with Crippen LogP contribution in [-0.2, 0) is 4.79 Å². The lowest BCUT2D eigenvalue weighted by molar-refractivity contribution is -0.122. The van der Waals surface area contributed by atoms with Gasteiger partial charge in [0.15, 0.2) is 0 Å². The first-order valence-electron chi connectivity index (χ1n) is 4.64. The van der Waals surface area contributed by atoms with Crippen LogP contribution < -0.4 is 10.6 Å². The maximum Gasteiger partial charge on any atom is 0.241 e. The Hall–Kier alpha value is -1.35. The van der Waals surface area contributed by atoms with Crippen LogP contribution in [0.1, 0.15) is 17.2 Å². The summed E-state index contributed by atoms with van der Waals surface area (Å²) in [6.07, 6.45) is 0. The summed E-state index contributed by atoms with van der Waals surface area (Å²) >= 11 is 0. The van der Waals surface area contributed by atoms with Crippen molar-refractivity contribution in [2.24, 2.45) is 0 Å². The van der Waals surface area contributed by atoms with E-state index in [2.05, 4.69) is 10.6 Å². The van der Waals surface area contributed by atoms with E-state index in [0.29, 0.717) is 0 Å². The minimum Gasteiger partial charge on any atom is -0.358 e. The quantitative estimate of drug-likeness (QED) is 0.750. The molecule has 14 heavy (non-hydrogen) atoms. The number of carbonyl (C=O) groups is 1. The Bertz CT molecular complexity index is 306. The summed E-state index contributed by atoms with van der Waals surface area (Å²) in [6.45, 7) is 2.03. The molecule has 1 aromatic carbocycles. The lowest BCUT2D eigenvalue weighted by atomic mass is 10.0. The highest BCUT2D eigenvalue weighted by atomic mass is 16.2. The third-order valence-corrected chi connectivity index (χ3v) is 2.21. The van der Waals surface area contributed by atoms with E-state index in [-0.39, 0.29) is 11.9 Å².